The van der Waals surface area contributed by atoms with Crippen molar-refractivity contribution in [2.45, 2.75) is 46.1 Å². The van der Waals surface area contributed by atoms with Crippen molar-refractivity contribution >= 4 is 29.9 Å². The van der Waals surface area contributed by atoms with E-state index < -0.39 is 0 Å². The first kappa shape index (κ1) is 22.3. The van der Waals surface area contributed by atoms with Crippen LogP contribution in [0.3, 0.4) is 0 Å². The Labute approximate surface area is 173 Å². The molecule has 0 fully saturated rings. The van der Waals surface area contributed by atoms with Crippen LogP contribution in [0.1, 0.15) is 38.2 Å². The molecule has 0 spiro atoms. The van der Waals surface area contributed by atoms with E-state index in [1.54, 1.807) is 6.33 Å². The molecule has 144 valence electrons. The highest BCUT2D eigenvalue weighted by Gasteiger charge is 2.03. The molecule has 0 aliphatic heterocycles. The molecule has 0 bridgehead atoms. The second kappa shape index (κ2) is 13.5. The third kappa shape index (κ3) is 8.11. The van der Waals surface area contributed by atoms with Gasteiger partial charge in [-0.1, -0.05) is 26.3 Å². The van der Waals surface area contributed by atoms with Crippen LogP contribution in [0.25, 0.3) is 0 Å². The van der Waals surface area contributed by atoms with Gasteiger partial charge in [0.25, 0.3) is 0 Å². The van der Waals surface area contributed by atoms with Gasteiger partial charge in [-0.2, -0.15) is 0 Å². The SMILES string of the molecule is CCCCN=C(NCCc1ccccn1)NCCn1cnnc1CC.I. The minimum atomic E-state index is 0. The van der Waals surface area contributed by atoms with E-state index in [1.807, 2.05) is 24.4 Å². The molecule has 26 heavy (non-hydrogen) atoms. The van der Waals surface area contributed by atoms with E-state index >= 15 is 0 Å². The van der Waals surface area contributed by atoms with Crippen LogP contribution in [0.5, 0.6) is 0 Å². The number of unbranched alkanes of at least 4 members (excludes halogenated alkanes) is 1. The van der Waals surface area contributed by atoms with Gasteiger partial charge in [-0.3, -0.25) is 9.98 Å². The molecule has 2 N–H and O–H groups in total. The lowest BCUT2D eigenvalue weighted by molar-refractivity contribution is 0.630. The summed E-state index contributed by atoms with van der Waals surface area (Å²) >= 11 is 0. The Morgan fingerprint density at radius 2 is 2.04 bits per heavy atom. The minimum Gasteiger partial charge on any atom is -0.356 e. The molecule has 0 unspecified atom stereocenters. The van der Waals surface area contributed by atoms with Crippen molar-refractivity contribution in [3.05, 3.63) is 42.2 Å². The molecule has 0 aromatic carbocycles. The highest BCUT2D eigenvalue weighted by atomic mass is 127. The average molecular weight is 471 g/mol. The van der Waals surface area contributed by atoms with Crippen LogP contribution in [0.2, 0.25) is 0 Å². The topological polar surface area (TPSA) is 80.0 Å². The zero-order chi connectivity index (χ0) is 17.7. The number of hydrogen-bond donors (Lipinski definition) is 2. The van der Waals surface area contributed by atoms with Gasteiger partial charge in [0.1, 0.15) is 12.2 Å². The zero-order valence-electron chi connectivity index (χ0n) is 15.7. The number of pyridine rings is 1. The molecule has 0 aliphatic rings. The summed E-state index contributed by atoms with van der Waals surface area (Å²) < 4.78 is 2.07. The zero-order valence-corrected chi connectivity index (χ0v) is 18.0. The average Bonchev–Trinajstić information content (AvgIpc) is 3.10. The standard InChI is InChI=1S/C18H29N7.HI/c1-3-5-10-20-18(21-12-9-16-8-6-7-11-19-16)22-13-14-25-15-23-24-17(25)4-2;/h6-8,11,15H,3-5,9-10,12-14H2,1-2H3,(H2,20,21,22);1H. The van der Waals surface area contributed by atoms with Gasteiger partial charge >= 0.3 is 0 Å². The molecular weight excluding hydrogens is 441 g/mol. The van der Waals surface area contributed by atoms with Crippen LogP contribution in [-0.2, 0) is 19.4 Å². The molecule has 0 aliphatic carbocycles. The molecule has 0 saturated carbocycles. The molecule has 7 nitrogen and oxygen atoms in total. The summed E-state index contributed by atoms with van der Waals surface area (Å²) in [5.41, 5.74) is 1.08. The lowest BCUT2D eigenvalue weighted by Crippen LogP contribution is -2.40. The van der Waals surface area contributed by atoms with Crippen molar-refractivity contribution in [3.63, 3.8) is 0 Å². The van der Waals surface area contributed by atoms with Gasteiger partial charge in [0.15, 0.2) is 5.96 Å². The maximum absolute atomic E-state index is 4.64. The van der Waals surface area contributed by atoms with E-state index in [-0.39, 0.29) is 24.0 Å². The predicted molar refractivity (Wildman–Crippen MR) is 116 cm³/mol. The number of aryl methyl sites for hydroxylation is 1. The third-order valence-electron chi connectivity index (χ3n) is 3.84. The predicted octanol–water partition coefficient (Wildman–Crippen LogP) is 2.43. The van der Waals surface area contributed by atoms with Crippen LogP contribution in [0, 0.1) is 0 Å². The second-order valence-electron chi connectivity index (χ2n) is 5.80. The van der Waals surface area contributed by atoms with E-state index in [4.69, 9.17) is 0 Å². The van der Waals surface area contributed by atoms with Crippen molar-refractivity contribution in [1.29, 1.82) is 0 Å². The van der Waals surface area contributed by atoms with Gasteiger partial charge in [0.2, 0.25) is 0 Å². The van der Waals surface area contributed by atoms with Gasteiger partial charge in [-0.15, -0.1) is 34.2 Å². The molecule has 2 heterocycles. The molecule has 0 saturated heterocycles. The number of nitrogens with zero attached hydrogens (tertiary/aromatic N) is 5. The first-order chi connectivity index (χ1) is 12.3. The number of nitrogens with one attached hydrogen (secondary N) is 2. The highest BCUT2D eigenvalue weighted by Crippen LogP contribution is 1.95. The van der Waals surface area contributed by atoms with Crippen molar-refractivity contribution < 1.29 is 0 Å². The molecule has 0 atom stereocenters. The maximum Gasteiger partial charge on any atom is 0.191 e. The second-order valence-corrected chi connectivity index (χ2v) is 5.80. The van der Waals surface area contributed by atoms with Crippen LogP contribution in [0.15, 0.2) is 35.7 Å². The van der Waals surface area contributed by atoms with E-state index in [2.05, 4.69) is 49.2 Å². The Hall–Kier alpha value is -1.71. The Kier molecular flexibility index (Phi) is 11.6. The summed E-state index contributed by atoms with van der Waals surface area (Å²) in [6.45, 7) is 7.52. The normalized spacial score (nSPS) is 11.1. The first-order valence-electron chi connectivity index (χ1n) is 9.12. The van der Waals surface area contributed by atoms with Crippen molar-refractivity contribution in [2.75, 3.05) is 19.6 Å². The van der Waals surface area contributed by atoms with E-state index in [0.29, 0.717) is 0 Å². The number of hydrogen-bond acceptors (Lipinski definition) is 4. The fourth-order valence-electron chi connectivity index (χ4n) is 2.41. The number of aliphatic imine (C=N–C) groups is 1. The smallest absolute Gasteiger partial charge is 0.191 e. The van der Waals surface area contributed by atoms with Crippen LogP contribution in [-0.4, -0.2) is 45.3 Å². The monoisotopic (exact) mass is 471 g/mol. The Bertz CT molecular complexity index is 627. The van der Waals surface area contributed by atoms with Crippen LogP contribution >= 0.6 is 24.0 Å². The molecule has 0 radical (unpaired) electrons. The lowest BCUT2D eigenvalue weighted by atomic mass is 10.3. The summed E-state index contributed by atoms with van der Waals surface area (Å²) in [7, 11) is 0. The Balaban J connectivity index is 0.00000338. The van der Waals surface area contributed by atoms with Crippen LogP contribution < -0.4 is 10.6 Å². The summed E-state index contributed by atoms with van der Waals surface area (Å²) in [4.78, 5) is 8.99. The van der Waals surface area contributed by atoms with Gasteiger partial charge in [-0.25, -0.2) is 0 Å². The number of aromatic nitrogens is 4. The van der Waals surface area contributed by atoms with Crippen molar-refractivity contribution in [3.8, 4) is 0 Å². The highest BCUT2D eigenvalue weighted by molar-refractivity contribution is 14.0. The summed E-state index contributed by atoms with van der Waals surface area (Å²) in [6.07, 6.45) is 7.61. The van der Waals surface area contributed by atoms with Gasteiger partial charge < -0.3 is 15.2 Å². The minimum absolute atomic E-state index is 0. The quantitative estimate of drug-likeness (QED) is 0.241. The summed E-state index contributed by atoms with van der Waals surface area (Å²) in [5, 5.41) is 14.9. The molecule has 2 aromatic rings. The van der Waals surface area contributed by atoms with Gasteiger partial charge in [0, 0.05) is 50.9 Å². The van der Waals surface area contributed by atoms with Crippen molar-refractivity contribution in [1.82, 2.24) is 30.4 Å². The lowest BCUT2D eigenvalue weighted by Gasteiger charge is -2.13. The number of guanidine groups is 1. The fraction of sp³-hybridized carbons (Fsp3) is 0.556. The van der Waals surface area contributed by atoms with Crippen molar-refractivity contribution in [2.24, 2.45) is 4.99 Å². The number of rotatable bonds is 10. The van der Waals surface area contributed by atoms with Gasteiger partial charge in [0.05, 0.1) is 0 Å². The van der Waals surface area contributed by atoms with E-state index in [1.165, 1.54) is 0 Å². The van der Waals surface area contributed by atoms with Crippen LogP contribution in [0.4, 0.5) is 0 Å². The largest absolute Gasteiger partial charge is 0.356 e. The molecule has 2 rings (SSSR count). The summed E-state index contributed by atoms with van der Waals surface area (Å²) in [5.74, 6) is 1.87. The van der Waals surface area contributed by atoms with Gasteiger partial charge in [-0.05, 0) is 18.6 Å². The summed E-state index contributed by atoms with van der Waals surface area (Å²) in [6, 6.07) is 5.99. The van der Waals surface area contributed by atoms with E-state index in [0.717, 1.165) is 69.3 Å². The number of halogens is 1. The molecule has 2 aromatic heterocycles. The molecule has 0 amide bonds. The molecule has 8 heteroatoms. The van der Waals surface area contributed by atoms with E-state index in [9.17, 15) is 0 Å². The first-order valence-corrected chi connectivity index (χ1v) is 9.12. The maximum atomic E-state index is 4.64. The third-order valence-corrected chi connectivity index (χ3v) is 3.84. The Morgan fingerprint density at radius 3 is 2.77 bits per heavy atom. The molecular formula is C18H30IN7. The fourth-order valence-corrected chi connectivity index (χ4v) is 2.41. The Morgan fingerprint density at radius 1 is 1.19 bits per heavy atom.